The summed E-state index contributed by atoms with van der Waals surface area (Å²) < 4.78 is 18.9. The van der Waals surface area contributed by atoms with Gasteiger partial charge in [0.25, 0.3) is 0 Å². The number of nitrogens with zero attached hydrogens (tertiary/aromatic N) is 1. The third-order valence-corrected chi connectivity index (χ3v) is 3.02. The third-order valence-electron chi connectivity index (χ3n) is 3.02. The van der Waals surface area contributed by atoms with E-state index in [0.717, 1.165) is 0 Å². The second-order valence-electron chi connectivity index (χ2n) is 4.26. The van der Waals surface area contributed by atoms with Crippen molar-refractivity contribution >= 4 is 16.9 Å². The Kier molecular flexibility index (Phi) is 5.66. The van der Waals surface area contributed by atoms with Gasteiger partial charge in [-0.2, -0.15) is 5.10 Å². The van der Waals surface area contributed by atoms with Crippen LogP contribution in [-0.2, 0) is 11.2 Å². The molecule has 0 bridgehead atoms. The summed E-state index contributed by atoms with van der Waals surface area (Å²) in [7, 11) is 1.37. The highest BCUT2D eigenvalue weighted by molar-refractivity contribution is 5.87. The van der Waals surface area contributed by atoms with Gasteiger partial charge in [-0.3, -0.25) is 9.89 Å². The summed E-state index contributed by atoms with van der Waals surface area (Å²) in [6, 6.07) is 0.400. The number of carbonyl (C=O) groups is 1. The van der Waals surface area contributed by atoms with Gasteiger partial charge in [-0.25, -0.2) is 4.39 Å². The predicted octanol–water partition coefficient (Wildman–Crippen LogP) is 2.00. The molecular formula is C14H20FN3O3. The molecule has 0 aliphatic carbocycles. The average Bonchev–Trinajstić information content (AvgIpc) is 2.87. The van der Waals surface area contributed by atoms with Crippen molar-refractivity contribution in [2.75, 3.05) is 7.11 Å². The largest absolute Gasteiger partial charge is 0.494 e. The summed E-state index contributed by atoms with van der Waals surface area (Å²) in [4.78, 5) is 10.8. The maximum atomic E-state index is 14.0. The van der Waals surface area contributed by atoms with Crippen LogP contribution in [0.1, 0.15) is 25.1 Å². The van der Waals surface area contributed by atoms with E-state index < -0.39 is 17.8 Å². The first kappa shape index (κ1) is 16.9. The second-order valence-corrected chi connectivity index (χ2v) is 4.26. The molecule has 4 N–H and O–H groups in total. The second kappa shape index (κ2) is 7.03. The van der Waals surface area contributed by atoms with Gasteiger partial charge < -0.3 is 15.6 Å². The zero-order valence-electron chi connectivity index (χ0n) is 12.5. The van der Waals surface area contributed by atoms with Crippen LogP contribution in [0.25, 0.3) is 10.9 Å². The molecule has 0 amide bonds. The lowest BCUT2D eigenvalue weighted by atomic mass is 10.0. The van der Waals surface area contributed by atoms with Gasteiger partial charge in [-0.15, -0.1) is 0 Å². The maximum Gasteiger partial charge on any atom is 0.320 e. The number of aliphatic carboxylic acids is 1. The Morgan fingerprint density at radius 2 is 2.19 bits per heavy atom. The van der Waals surface area contributed by atoms with Crippen LogP contribution >= 0.6 is 0 Å². The SMILES string of the molecule is CC.COc1cc2n[nH]c(CC(N)C(=O)O)c2c(C)c1F. The van der Waals surface area contributed by atoms with Gasteiger partial charge >= 0.3 is 5.97 Å². The Hall–Kier alpha value is -2.15. The predicted molar refractivity (Wildman–Crippen MR) is 78.0 cm³/mol. The quantitative estimate of drug-likeness (QED) is 0.801. The van der Waals surface area contributed by atoms with Crippen LogP contribution in [0.15, 0.2) is 6.07 Å². The van der Waals surface area contributed by atoms with Gasteiger partial charge in [0.15, 0.2) is 11.6 Å². The van der Waals surface area contributed by atoms with E-state index in [9.17, 15) is 9.18 Å². The lowest BCUT2D eigenvalue weighted by Crippen LogP contribution is -2.32. The van der Waals surface area contributed by atoms with Crippen LogP contribution in [0.2, 0.25) is 0 Å². The molecule has 0 radical (unpaired) electrons. The Bertz CT molecular complexity index is 640. The van der Waals surface area contributed by atoms with E-state index in [4.69, 9.17) is 15.6 Å². The fourth-order valence-electron chi connectivity index (χ4n) is 2.00. The van der Waals surface area contributed by atoms with Gasteiger partial charge in [-0.05, 0) is 12.5 Å². The summed E-state index contributed by atoms with van der Waals surface area (Å²) in [6.45, 7) is 5.59. The minimum absolute atomic E-state index is 0.0540. The smallest absolute Gasteiger partial charge is 0.320 e. The topological polar surface area (TPSA) is 101 Å². The summed E-state index contributed by atoms with van der Waals surface area (Å²) in [5.41, 5.74) is 6.85. The maximum absolute atomic E-state index is 14.0. The Balaban J connectivity index is 0.00000106. The molecule has 1 aromatic carbocycles. The number of aromatic nitrogens is 2. The molecule has 0 fully saturated rings. The molecule has 7 heteroatoms. The lowest BCUT2D eigenvalue weighted by molar-refractivity contribution is -0.138. The lowest BCUT2D eigenvalue weighted by Gasteiger charge is -2.08. The van der Waals surface area contributed by atoms with Gasteiger partial charge in [-0.1, -0.05) is 13.8 Å². The molecule has 1 atom stereocenters. The summed E-state index contributed by atoms with van der Waals surface area (Å²) in [5, 5.41) is 16.1. The number of ether oxygens (including phenoxy) is 1. The molecule has 21 heavy (non-hydrogen) atoms. The molecule has 0 aliphatic heterocycles. The van der Waals surface area contributed by atoms with Crippen molar-refractivity contribution in [2.45, 2.75) is 33.2 Å². The van der Waals surface area contributed by atoms with Gasteiger partial charge in [0.1, 0.15) is 6.04 Å². The molecular weight excluding hydrogens is 277 g/mol. The monoisotopic (exact) mass is 297 g/mol. The van der Waals surface area contributed by atoms with Gasteiger partial charge in [0.05, 0.1) is 12.6 Å². The molecule has 116 valence electrons. The normalized spacial score (nSPS) is 11.7. The van der Waals surface area contributed by atoms with E-state index in [0.29, 0.717) is 22.2 Å². The highest BCUT2D eigenvalue weighted by Gasteiger charge is 2.20. The first-order valence-corrected chi connectivity index (χ1v) is 6.64. The molecule has 0 saturated heterocycles. The van der Waals surface area contributed by atoms with E-state index in [-0.39, 0.29) is 12.2 Å². The van der Waals surface area contributed by atoms with E-state index in [1.165, 1.54) is 13.2 Å². The van der Waals surface area contributed by atoms with Crippen molar-refractivity contribution in [3.63, 3.8) is 0 Å². The summed E-state index contributed by atoms with van der Waals surface area (Å²) in [5.74, 6) is -1.50. The van der Waals surface area contributed by atoms with E-state index >= 15 is 0 Å². The van der Waals surface area contributed by atoms with Crippen molar-refractivity contribution in [1.82, 2.24) is 10.2 Å². The fourth-order valence-corrected chi connectivity index (χ4v) is 2.00. The minimum atomic E-state index is -1.12. The summed E-state index contributed by atoms with van der Waals surface area (Å²) in [6.07, 6.45) is 0.0540. The van der Waals surface area contributed by atoms with Crippen LogP contribution in [0.5, 0.6) is 5.75 Å². The summed E-state index contributed by atoms with van der Waals surface area (Å²) >= 11 is 0. The van der Waals surface area contributed by atoms with Crippen molar-refractivity contribution in [2.24, 2.45) is 5.73 Å². The molecule has 0 saturated carbocycles. The Morgan fingerprint density at radius 3 is 2.71 bits per heavy atom. The number of benzene rings is 1. The zero-order chi connectivity index (χ0) is 16.2. The number of carboxylic acids is 1. The molecule has 0 spiro atoms. The molecule has 2 rings (SSSR count). The first-order chi connectivity index (χ1) is 9.95. The van der Waals surface area contributed by atoms with Crippen LogP contribution in [0, 0.1) is 12.7 Å². The van der Waals surface area contributed by atoms with Crippen LogP contribution in [-0.4, -0.2) is 34.4 Å². The molecule has 1 aromatic heterocycles. The van der Waals surface area contributed by atoms with Crippen molar-refractivity contribution in [3.8, 4) is 5.75 Å². The number of aromatic amines is 1. The van der Waals surface area contributed by atoms with Crippen LogP contribution in [0.4, 0.5) is 4.39 Å². The van der Waals surface area contributed by atoms with E-state index in [2.05, 4.69) is 10.2 Å². The molecule has 1 unspecified atom stereocenters. The number of methoxy groups -OCH3 is 1. The fraction of sp³-hybridized carbons (Fsp3) is 0.429. The highest BCUT2D eigenvalue weighted by Crippen LogP contribution is 2.30. The van der Waals surface area contributed by atoms with Crippen molar-refractivity contribution in [1.29, 1.82) is 0 Å². The number of halogens is 1. The third kappa shape index (κ3) is 3.30. The van der Waals surface area contributed by atoms with Gasteiger partial charge in [0.2, 0.25) is 0 Å². The van der Waals surface area contributed by atoms with Crippen molar-refractivity contribution in [3.05, 3.63) is 23.1 Å². The van der Waals surface area contributed by atoms with Crippen LogP contribution < -0.4 is 10.5 Å². The Morgan fingerprint density at radius 1 is 1.57 bits per heavy atom. The number of hydrogen-bond donors (Lipinski definition) is 3. The highest BCUT2D eigenvalue weighted by atomic mass is 19.1. The number of nitrogens with one attached hydrogen (secondary N) is 1. The standard InChI is InChI=1S/C12H14FN3O3.C2H6/c1-5-10-7(3-6(14)12(17)18)15-16-8(10)4-9(19-2)11(5)13;1-2/h4,6H,3,14H2,1-2H3,(H,15,16)(H,17,18);1-2H3. The molecule has 1 heterocycles. The first-order valence-electron chi connectivity index (χ1n) is 6.64. The van der Waals surface area contributed by atoms with Gasteiger partial charge in [0, 0.05) is 23.6 Å². The van der Waals surface area contributed by atoms with E-state index in [1.807, 2.05) is 13.8 Å². The molecule has 0 aliphatic rings. The number of hydrogen-bond acceptors (Lipinski definition) is 4. The number of carboxylic acid groups (broad SMARTS) is 1. The number of rotatable bonds is 4. The molecule has 2 aromatic rings. The number of fused-ring (bicyclic) bond motifs is 1. The molecule has 6 nitrogen and oxygen atoms in total. The van der Waals surface area contributed by atoms with Crippen LogP contribution in [0.3, 0.4) is 0 Å². The van der Waals surface area contributed by atoms with E-state index in [1.54, 1.807) is 6.92 Å². The zero-order valence-corrected chi connectivity index (χ0v) is 12.5. The van der Waals surface area contributed by atoms with Crippen molar-refractivity contribution < 1.29 is 19.0 Å². The number of H-pyrrole nitrogens is 1. The minimum Gasteiger partial charge on any atom is -0.494 e. The number of nitrogens with two attached hydrogens (primary N) is 1. The average molecular weight is 297 g/mol. The Labute approximate surface area is 122 Å². The number of aryl methyl sites for hydroxylation is 1.